The van der Waals surface area contributed by atoms with E-state index in [1.165, 1.54) is 12.8 Å². The summed E-state index contributed by atoms with van der Waals surface area (Å²) in [6.07, 6.45) is 4.76. The number of amides is 2. The van der Waals surface area contributed by atoms with Crippen LogP contribution in [-0.2, 0) is 4.79 Å². The first-order valence-electron chi connectivity index (χ1n) is 6.61. The molecule has 4 N–H and O–H groups in total. The van der Waals surface area contributed by atoms with E-state index in [4.69, 9.17) is 5.11 Å². The highest BCUT2D eigenvalue weighted by atomic mass is 16.4. The number of urea groups is 1. The average molecular weight is 255 g/mol. The van der Waals surface area contributed by atoms with Gasteiger partial charge in [0, 0.05) is 19.1 Å². The molecule has 2 fully saturated rings. The molecular weight excluding hydrogens is 234 g/mol. The van der Waals surface area contributed by atoms with Crippen LogP contribution < -0.4 is 16.0 Å². The summed E-state index contributed by atoms with van der Waals surface area (Å²) in [6, 6.07) is 0.429. The van der Waals surface area contributed by atoms with Gasteiger partial charge in [-0.05, 0) is 38.6 Å². The van der Waals surface area contributed by atoms with Gasteiger partial charge in [-0.15, -0.1) is 0 Å². The summed E-state index contributed by atoms with van der Waals surface area (Å²) >= 11 is 0. The second kappa shape index (κ2) is 5.56. The Bertz CT molecular complexity index is 325. The number of carboxylic acid groups (broad SMARTS) is 1. The van der Waals surface area contributed by atoms with Crippen LogP contribution in [0.25, 0.3) is 0 Å². The van der Waals surface area contributed by atoms with Crippen LogP contribution in [0.1, 0.15) is 32.1 Å². The molecule has 0 radical (unpaired) electrons. The van der Waals surface area contributed by atoms with Crippen molar-refractivity contribution in [2.75, 3.05) is 19.6 Å². The lowest BCUT2D eigenvalue weighted by molar-refractivity contribution is -0.143. The first kappa shape index (κ1) is 13.1. The predicted octanol–water partition coefficient (Wildman–Crippen LogP) is 0.293. The summed E-state index contributed by atoms with van der Waals surface area (Å²) in [5.74, 6) is -0.809. The monoisotopic (exact) mass is 255 g/mol. The summed E-state index contributed by atoms with van der Waals surface area (Å²) in [5, 5.41) is 17.7. The van der Waals surface area contributed by atoms with Crippen LogP contribution in [0, 0.1) is 5.41 Å². The first-order valence-corrected chi connectivity index (χ1v) is 6.61. The number of nitrogens with one attached hydrogen (secondary N) is 3. The molecule has 0 saturated heterocycles. The van der Waals surface area contributed by atoms with E-state index in [-0.39, 0.29) is 12.6 Å². The molecule has 18 heavy (non-hydrogen) atoms. The summed E-state index contributed by atoms with van der Waals surface area (Å²) in [7, 11) is 0. The lowest BCUT2D eigenvalue weighted by atomic mass is 10.1. The van der Waals surface area contributed by atoms with Crippen molar-refractivity contribution in [3.8, 4) is 0 Å². The minimum atomic E-state index is -0.809. The number of carbonyl (C=O) groups excluding carboxylic acids is 1. The Kier molecular flexibility index (Phi) is 4.06. The quantitative estimate of drug-likeness (QED) is 0.469. The van der Waals surface area contributed by atoms with Gasteiger partial charge in [0.2, 0.25) is 0 Å². The molecule has 2 amide bonds. The number of hydrogen-bond donors (Lipinski definition) is 4. The molecule has 0 aromatic heterocycles. The van der Waals surface area contributed by atoms with Gasteiger partial charge in [-0.3, -0.25) is 4.79 Å². The van der Waals surface area contributed by atoms with Gasteiger partial charge in [-0.1, -0.05) is 0 Å². The van der Waals surface area contributed by atoms with Crippen LogP contribution in [0.2, 0.25) is 0 Å². The fraction of sp³-hybridized carbons (Fsp3) is 0.833. The van der Waals surface area contributed by atoms with Gasteiger partial charge in [0.15, 0.2) is 0 Å². The second-order valence-electron chi connectivity index (χ2n) is 5.28. The molecule has 2 saturated carbocycles. The van der Waals surface area contributed by atoms with Gasteiger partial charge >= 0.3 is 12.0 Å². The molecule has 0 heterocycles. The third-order valence-corrected chi connectivity index (χ3v) is 3.54. The van der Waals surface area contributed by atoms with E-state index >= 15 is 0 Å². The molecule has 0 aromatic carbocycles. The van der Waals surface area contributed by atoms with E-state index < -0.39 is 11.4 Å². The Hall–Kier alpha value is -1.30. The standard InChI is InChI=1S/C12H21N3O3/c16-10(17)12(4-5-12)8-15-11(18)14-7-1-6-13-9-2-3-9/h9,13H,1-8H2,(H,16,17)(H2,14,15,18). The third kappa shape index (κ3) is 3.87. The normalized spacial score (nSPS) is 20.2. The lowest BCUT2D eigenvalue weighted by Gasteiger charge is -2.12. The van der Waals surface area contributed by atoms with E-state index in [1.54, 1.807) is 0 Å². The highest BCUT2D eigenvalue weighted by molar-refractivity contribution is 5.80. The molecule has 0 aromatic rings. The van der Waals surface area contributed by atoms with Crippen LogP contribution in [0.4, 0.5) is 4.79 Å². The van der Waals surface area contributed by atoms with Crippen molar-refractivity contribution in [3.63, 3.8) is 0 Å². The number of rotatable bonds is 8. The zero-order valence-electron chi connectivity index (χ0n) is 10.5. The summed E-state index contributed by atoms with van der Waals surface area (Å²) in [5.41, 5.74) is -0.690. The van der Waals surface area contributed by atoms with Crippen molar-refractivity contribution >= 4 is 12.0 Å². The topological polar surface area (TPSA) is 90.5 Å². The van der Waals surface area contributed by atoms with Crippen molar-refractivity contribution < 1.29 is 14.7 Å². The average Bonchev–Trinajstić information content (AvgIpc) is 3.21. The van der Waals surface area contributed by atoms with Gasteiger partial charge in [0.1, 0.15) is 0 Å². The maximum Gasteiger partial charge on any atom is 0.314 e. The molecule has 0 atom stereocenters. The Balaban J connectivity index is 1.48. The molecule has 0 unspecified atom stereocenters. The van der Waals surface area contributed by atoms with Crippen molar-refractivity contribution in [2.45, 2.75) is 38.1 Å². The molecule has 2 aliphatic carbocycles. The summed E-state index contributed by atoms with van der Waals surface area (Å²) < 4.78 is 0. The van der Waals surface area contributed by atoms with E-state index in [0.29, 0.717) is 25.4 Å². The van der Waals surface area contributed by atoms with Crippen LogP contribution >= 0.6 is 0 Å². The fourth-order valence-electron chi connectivity index (χ4n) is 1.81. The van der Waals surface area contributed by atoms with E-state index in [2.05, 4.69) is 16.0 Å². The molecule has 2 aliphatic rings. The lowest BCUT2D eigenvalue weighted by Crippen LogP contribution is -2.41. The van der Waals surface area contributed by atoms with Gasteiger partial charge in [-0.25, -0.2) is 4.79 Å². The van der Waals surface area contributed by atoms with Crippen LogP contribution in [0.3, 0.4) is 0 Å². The Morgan fingerprint density at radius 3 is 2.44 bits per heavy atom. The highest BCUT2D eigenvalue weighted by Gasteiger charge is 2.50. The van der Waals surface area contributed by atoms with Gasteiger partial charge in [0.05, 0.1) is 5.41 Å². The zero-order chi connectivity index (χ0) is 13.0. The number of aliphatic carboxylic acids is 1. The van der Waals surface area contributed by atoms with E-state index in [0.717, 1.165) is 13.0 Å². The van der Waals surface area contributed by atoms with Gasteiger partial charge in [0.25, 0.3) is 0 Å². The van der Waals surface area contributed by atoms with Crippen molar-refractivity contribution in [1.29, 1.82) is 0 Å². The molecule has 0 aliphatic heterocycles. The van der Waals surface area contributed by atoms with Crippen molar-refractivity contribution in [1.82, 2.24) is 16.0 Å². The second-order valence-corrected chi connectivity index (χ2v) is 5.28. The van der Waals surface area contributed by atoms with E-state index in [1.807, 2.05) is 0 Å². The first-order chi connectivity index (χ1) is 8.62. The van der Waals surface area contributed by atoms with Crippen LogP contribution in [0.5, 0.6) is 0 Å². The van der Waals surface area contributed by atoms with Gasteiger partial charge < -0.3 is 21.1 Å². The maximum atomic E-state index is 11.4. The molecule has 6 nitrogen and oxygen atoms in total. The maximum absolute atomic E-state index is 11.4. The largest absolute Gasteiger partial charge is 0.481 e. The van der Waals surface area contributed by atoms with Gasteiger partial charge in [-0.2, -0.15) is 0 Å². The van der Waals surface area contributed by atoms with Crippen LogP contribution in [0.15, 0.2) is 0 Å². The number of carbonyl (C=O) groups is 2. The van der Waals surface area contributed by atoms with Crippen LogP contribution in [-0.4, -0.2) is 42.8 Å². The SMILES string of the molecule is O=C(NCCCNC1CC1)NCC1(C(=O)O)CC1. The smallest absolute Gasteiger partial charge is 0.314 e. The predicted molar refractivity (Wildman–Crippen MR) is 66.3 cm³/mol. The number of hydrogen-bond acceptors (Lipinski definition) is 3. The van der Waals surface area contributed by atoms with E-state index in [9.17, 15) is 9.59 Å². The van der Waals surface area contributed by atoms with Crippen molar-refractivity contribution in [3.05, 3.63) is 0 Å². The Labute approximate surface area is 107 Å². The summed E-state index contributed by atoms with van der Waals surface area (Å²) in [4.78, 5) is 22.3. The minimum absolute atomic E-state index is 0.231. The third-order valence-electron chi connectivity index (χ3n) is 3.54. The minimum Gasteiger partial charge on any atom is -0.481 e. The highest BCUT2D eigenvalue weighted by Crippen LogP contribution is 2.45. The Morgan fingerprint density at radius 1 is 1.17 bits per heavy atom. The fourth-order valence-corrected chi connectivity index (χ4v) is 1.81. The number of carboxylic acids is 1. The van der Waals surface area contributed by atoms with Crippen molar-refractivity contribution in [2.24, 2.45) is 5.41 Å². The molecule has 6 heteroatoms. The zero-order valence-corrected chi connectivity index (χ0v) is 10.5. The summed E-state index contributed by atoms with van der Waals surface area (Å²) in [6.45, 7) is 1.77. The molecule has 0 bridgehead atoms. The molecule has 2 rings (SSSR count). The molecule has 0 spiro atoms. The molecular formula is C12H21N3O3. The molecule has 102 valence electrons. The Morgan fingerprint density at radius 2 is 1.89 bits per heavy atom.